The maximum absolute atomic E-state index is 11.8. The molecule has 0 bridgehead atoms. The number of phenolic OH excluding ortho intramolecular Hbond substituents is 1. The number of halogens is 4. The molecule has 0 aliphatic rings. The maximum Gasteiger partial charge on any atom is 0.320 e. The zero-order chi connectivity index (χ0) is 37.3. The number of ether oxygens (including phenoxy) is 1. The third kappa shape index (κ3) is 21.5. The van der Waals surface area contributed by atoms with E-state index in [1.165, 1.54) is 83.5 Å². The minimum Gasteiger partial charge on any atom is -0.506 e. The summed E-state index contributed by atoms with van der Waals surface area (Å²) in [5.41, 5.74) is 17.8. The Morgan fingerprint density at radius 2 is 1.20 bits per heavy atom. The summed E-state index contributed by atoms with van der Waals surface area (Å²) in [5.74, 6) is 0.546. The lowest BCUT2D eigenvalue weighted by Gasteiger charge is -2.14. The van der Waals surface area contributed by atoms with Crippen molar-refractivity contribution in [2.75, 3.05) is 13.1 Å². The number of carboxylic acid groups (broad SMARTS) is 1. The van der Waals surface area contributed by atoms with Crippen molar-refractivity contribution >= 4 is 102 Å². The number of hydrogen-bond donors (Lipinski definition) is 6. The summed E-state index contributed by atoms with van der Waals surface area (Å²) in [6.07, 6.45) is 21.8. The van der Waals surface area contributed by atoms with Crippen LogP contribution in [0.15, 0.2) is 24.3 Å². The normalized spacial score (nSPS) is 12.2. The highest BCUT2D eigenvalue weighted by molar-refractivity contribution is 14.1. The highest BCUT2D eigenvalue weighted by Gasteiger charge is 2.17. The first-order chi connectivity index (χ1) is 23.9. The second-order valence-electron chi connectivity index (χ2n) is 12.7. The maximum atomic E-state index is 11.8. The Hall–Kier alpha value is -0.220. The van der Waals surface area contributed by atoms with Gasteiger partial charge in [-0.05, 0) is 152 Å². The van der Waals surface area contributed by atoms with Crippen LogP contribution in [0.3, 0.4) is 0 Å². The molecular weight excluding hydrogens is 1090 g/mol. The summed E-state index contributed by atoms with van der Waals surface area (Å²) in [6, 6.07) is 5.97. The van der Waals surface area contributed by atoms with Gasteiger partial charge in [-0.2, -0.15) is 0 Å². The average Bonchev–Trinajstić information content (AvgIpc) is 3.07. The van der Waals surface area contributed by atoms with Crippen LogP contribution in [-0.2, 0) is 16.0 Å². The van der Waals surface area contributed by atoms with Gasteiger partial charge in [0.15, 0.2) is 5.75 Å². The number of carbonyl (C=O) groups excluding carboxylic acids is 1. The van der Waals surface area contributed by atoms with Crippen LogP contribution in [0.25, 0.3) is 0 Å². The van der Waals surface area contributed by atoms with Gasteiger partial charge < -0.3 is 37.5 Å². The number of hydrogen-bond acceptors (Lipinski definition) is 7. The number of nitrogens with two attached hydrogens (primary N) is 3. The Kier molecular flexibility index (Phi) is 27.9. The first-order valence-electron chi connectivity index (χ1n) is 18.0. The van der Waals surface area contributed by atoms with Gasteiger partial charge in [0.25, 0.3) is 0 Å². The zero-order valence-electron chi connectivity index (χ0n) is 29.5. The molecule has 0 spiro atoms. The molecule has 0 radical (unpaired) electrons. The van der Waals surface area contributed by atoms with Crippen LogP contribution in [0.2, 0.25) is 0 Å². The van der Waals surface area contributed by atoms with Gasteiger partial charge in [0.2, 0.25) is 5.91 Å². The minimum atomic E-state index is -1.02. The second-order valence-corrected chi connectivity index (χ2v) is 17.3. The van der Waals surface area contributed by atoms with E-state index < -0.39 is 12.0 Å². The predicted molar refractivity (Wildman–Crippen MR) is 239 cm³/mol. The van der Waals surface area contributed by atoms with Crippen molar-refractivity contribution in [3.8, 4) is 17.2 Å². The molecule has 50 heavy (non-hydrogen) atoms. The Balaban J connectivity index is 0.000000501. The first-order valence-corrected chi connectivity index (χ1v) is 22.3. The molecule has 0 aromatic heterocycles. The highest BCUT2D eigenvalue weighted by Crippen LogP contribution is 2.37. The Morgan fingerprint density at radius 3 is 1.66 bits per heavy atom. The standard InChI is InChI=1S/C22H47N3O.C15H11I4NO4/c1-2-3-4-5-6-7-8-9-10-11-12-13-14-17-20-25-22(26)21(24)18-15-16-19-23;16-8-4-7(5-9(17)13(8)21)24-14-10(18)1-6(2-11(14)19)3-12(20)15(22)23/h21H,2-20,23-24H2,1H3,(H,25,26);1-2,4-5,12,21H,3,20H2,(H,22,23)/t21-;12-/m00/s1. The van der Waals surface area contributed by atoms with Crippen LogP contribution in [0.5, 0.6) is 17.2 Å². The summed E-state index contributed by atoms with van der Waals surface area (Å²) in [6.45, 7) is 3.71. The van der Waals surface area contributed by atoms with E-state index in [1.807, 2.05) is 12.1 Å². The van der Waals surface area contributed by atoms with Crippen molar-refractivity contribution in [3.05, 3.63) is 44.1 Å². The van der Waals surface area contributed by atoms with Crippen LogP contribution >= 0.6 is 90.4 Å². The van der Waals surface area contributed by atoms with Crippen LogP contribution in [0.1, 0.15) is 122 Å². The van der Waals surface area contributed by atoms with Crippen LogP contribution in [0.4, 0.5) is 0 Å². The van der Waals surface area contributed by atoms with Gasteiger partial charge >= 0.3 is 5.97 Å². The van der Waals surface area contributed by atoms with Crippen molar-refractivity contribution < 1.29 is 24.5 Å². The van der Waals surface area contributed by atoms with Gasteiger partial charge in [-0.15, -0.1) is 0 Å². The van der Waals surface area contributed by atoms with Crippen LogP contribution in [-0.4, -0.2) is 47.3 Å². The number of aromatic hydroxyl groups is 1. The molecule has 9 N–H and O–H groups in total. The number of benzene rings is 2. The molecule has 0 fully saturated rings. The molecule has 0 saturated heterocycles. The SMILES string of the molecule is CCCCCCCCCCCCCCCCNC(=O)[C@@H](N)CCCCN.N[C@@H](Cc1cc(I)c(Oc2cc(I)c(O)c(I)c2)c(I)c1)C(=O)O. The van der Waals surface area contributed by atoms with Gasteiger partial charge in [-0.25, -0.2) is 0 Å². The molecule has 13 heteroatoms. The van der Waals surface area contributed by atoms with E-state index in [2.05, 4.69) is 103 Å². The lowest BCUT2D eigenvalue weighted by molar-refractivity contribution is -0.138. The molecule has 2 aromatic carbocycles. The minimum absolute atomic E-state index is 0.00304. The number of carbonyl (C=O) groups is 2. The van der Waals surface area contributed by atoms with Gasteiger partial charge in [-0.3, -0.25) is 9.59 Å². The van der Waals surface area contributed by atoms with E-state index in [1.54, 1.807) is 12.1 Å². The molecule has 0 aliphatic heterocycles. The van der Waals surface area contributed by atoms with Gasteiger partial charge in [-0.1, -0.05) is 96.8 Å². The molecule has 1 amide bonds. The second kappa shape index (κ2) is 29.2. The number of phenols is 1. The number of nitrogens with one attached hydrogen (secondary N) is 1. The van der Waals surface area contributed by atoms with Crippen molar-refractivity contribution in [2.24, 2.45) is 17.2 Å². The highest BCUT2D eigenvalue weighted by atomic mass is 127. The van der Waals surface area contributed by atoms with E-state index in [-0.39, 0.29) is 24.1 Å². The summed E-state index contributed by atoms with van der Waals surface area (Å²) in [5, 5.41) is 21.7. The van der Waals surface area contributed by atoms with Crippen molar-refractivity contribution in [3.63, 3.8) is 0 Å². The fourth-order valence-electron chi connectivity index (χ4n) is 5.19. The summed E-state index contributed by atoms with van der Waals surface area (Å²) in [4.78, 5) is 22.7. The van der Waals surface area contributed by atoms with Gasteiger partial charge in [0, 0.05) is 6.54 Å². The van der Waals surface area contributed by atoms with Crippen LogP contribution in [0, 0.1) is 14.3 Å². The van der Waals surface area contributed by atoms with Crippen molar-refractivity contribution in [2.45, 2.75) is 135 Å². The number of unbranched alkanes of at least 4 members (excludes halogenated alkanes) is 14. The lowest BCUT2D eigenvalue weighted by Crippen LogP contribution is -2.40. The third-order valence-corrected chi connectivity index (χ3v) is 11.4. The zero-order valence-corrected chi connectivity index (χ0v) is 38.1. The van der Waals surface area contributed by atoms with E-state index in [9.17, 15) is 14.7 Å². The quantitative estimate of drug-likeness (QED) is 0.0421. The third-order valence-electron chi connectivity index (χ3n) is 8.18. The number of amides is 1. The van der Waals surface area contributed by atoms with E-state index in [0.717, 1.165) is 44.9 Å². The largest absolute Gasteiger partial charge is 0.506 e. The fourth-order valence-corrected chi connectivity index (χ4v) is 9.02. The molecule has 2 atom stereocenters. The summed E-state index contributed by atoms with van der Waals surface area (Å²) in [7, 11) is 0. The molecule has 2 rings (SSSR count). The number of carboxylic acids is 1. The predicted octanol–water partition coefficient (Wildman–Crippen LogP) is 9.60. The topological polar surface area (TPSA) is 174 Å². The summed E-state index contributed by atoms with van der Waals surface area (Å²) >= 11 is 8.42. The lowest BCUT2D eigenvalue weighted by atomic mass is 10.0. The number of rotatable bonds is 25. The molecule has 0 aliphatic carbocycles. The molecule has 0 heterocycles. The number of aliphatic carboxylic acids is 1. The molecule has 0 saturated carbocycles. The van der Waals surface area contributed by atoms with Gasteiger partial charge in [0.05, 0.1) is 20.3 Å². The Morgan fingerprint density at radius 1 is 0.720 bits per heavy atom. The first kappa shape index (κ1) is 47.8. The molecular formula is C37H58I4N4O5. The fraction of sp³-hybridized carbons (Fsp3) is 0.622. The van der Waals surface area contributed by atoms with E-state index >= 15 is 0 Å². The van der Waals surface area contributed by atoms with Crippen LogP contribution < -0.4 is 27.3 Å². The average molecular weight is 1150 g/mol. The Labute approximate surface area is 354 Å². The molecule has 0 unspecified atom stereocenters. The van der Waals surface area contributed by atoms with E-state index in [4.69, 9.17) is 27.0 Å². The Bertz CT molecular complexity index is 1220. The summed E-state index contributed by atoms with van der Waals surface area (Å²) < 4.78 is 9.14. The monoisotopic (exact) mass is 1150 g/mol. The van der Waals surface area contributed by atoms with Crippen molar-refractivity contribution in [1.82, 2.24) is 5.32 Å². The van der Waals surface area contributed by atoms with E-state index in [0.29, 0.717) is 25.2 Å². The molecule has 284 valence electrons. The molecule has 9 nitrogen and oxygen atoms in total. The molecule has 2 aromatic rings. The van der Waals surface area contributed by atoms with Gasteiger partial charge in [0.1, 0.15) is 17.5 Å². The smallest absolute Gasteiger partial charge is 0.320 e. The van der Waals surface area contributed by atoms with Crippen molar-refractivity contribution in [1.29, 1.82) is 0 Å².